The molecule has 0 aliphatic carbocycles. The van der Waals surface area contributed by atoms with Gasteiger partial charge in [-0.2, -0.15) is 15.8 Å². The minimum Gasteiger partial charge on any atom is -0.462 e. The lowest BCUT2D eigenvalue weighted by molar-refractivity contribution is 0.0526. The van der Waals surface area contributed by atoms with Crippen molar-refractivity contribution in [2.24, 2.45) is 0 Å². The van der Waals surface area contributed by atoms with Gasteiger partial charge in [-0.3, -0.25) is 0 Å². The highest BCUT2D eigenvalue weighted by atomic mass is 16.5. The number of esters is 1. The number of hydrogen-bond acceptors (Lipinski definition) is 8. The van der Waals surface area contributed by atoms with E-state index in [0.29, 0.717) is 17.0 Å². The van der Waals surface area contributed by atoms with Crippen LogP contribution in [0.25, 0.3) is 0 Å². The van der Waals surface area contributed by atoms with Gasteiger partial charge in [0.15, 0.2) is 5.57 Å². The van der Waals surface area contributed by atoms with Crippen LogP contribution in [0.3, 0.4) is 0 Å². The van der Waals surface area contributed by atoms with Gasteiger partial charge < -0.3 is 14.8 Å². The van der Waals surface area contributed by atoms with E-state index in [4.69, 9.17) is 25.3 Å². The molecule has 132 valence electrons. The van der Waals surface area contributed by atoms with Gasteiger partial charge in [0.1, 0.15) is 29.7 Å². The standard InChI is InChI=1S/C19H13N5O3/c1-2-26-19(25)13-7-8-23-18(9-13)27-16-5-3-15(4-6-16)24-17(12-22)14(10-20)11-21/h3-9,24H,2H2,1H3. The molecule has 0 bridgehead atoms. The fourth-order valence-electron chi connectivity index (χ4n) is 1.96. The minimum atomic E-state index is -0.467. The Balaban J connectivity index is 2.13. The van der Waals surface area contributed by atoms with Gasteiger partial charge in [-0.1, -0.05) is 0 Å². The molecule has 1 heterocycles. The topological polar surface area (TPSA) is 132 Å². The van der Waals surface area contributed by atoms with E-state index in [2.05, 4.69) is 10.3 Å². The van der Waals surface area contributed by atoms with E-state index in [0.717, 1.165) is 0 Å². The summed E-state index contributed by atoms with van der Waals surface area (Å²) in [5, 5.41) is 29.4. The molecule has 27 heavy (non-hydrogen) atoms. The molecule has 0 amide bonds. The zero-order chi connectivity index (χ0) is 19.6. The Morgan fingerprint density at radius 3 is 2.41 bits per heavy atom. The number of ether oxygens (including phenoxy) is 2. The highest BCUT2D eigenvalue weighted by Gasteiger charge is 2.09. The van der Waals surface area contributed by atoms with E-state index in [1.54, 1.807) is 49.4 Å². The first-order chi connectivity index (χ1) is 13.1. The quantitative estimate of drug-likeness (QED) is 0.614. The Labute approximate surface area is 155 Å². The Morgan fingerprint density at radius 2 is 1.81 bits per heavy atom. The lowest BCUT2D eigenvalue weighted by atomic mass is 10.2. The third kappa shape index (κ3) is 5.06. The molecule has 1 N–H and O–H groups in total. The van der Waals surface area contributed by atoms with Crippen LogP contribution in [-0.2, 0) is 4.74 Å². The maximum atomic E-state index is 11.7. The number of aromatic nitrogens is 1. The third-order valence-corrected chi connectivity index (χ3v) is 3.18. The molecular formula is C19H13N5O3. The number of carbonyl (C=O) groups is 1. The number of anilines is 1. The number of nitrogens with one attached hydrogen (secondary N) is 1. The second-order valence-corrected chi connectivity index (χ2v) is 4.94. The van der Waals surface area contributed by atoms with Crippen molar-refractivity contribution in [2.75, 3.05) is 11.9 Å². The highest BCUT2D eigenvalue weighted by molar-refractivity contribution is 5.89. The van der Waals surface area contributed by atoms with Gasteiger partial charge in [-0.15, -0.1) is 0 Å². The largest absolute Gasteiger partial charge is 0.462 e. The molecule has 0 aliphatic rings. The number of carbonyl (C=O) groups excluding carboxylic acids is 1. The fourth-order valence-corrected chi connectivity index (χ4v) is 1.96. The van der Waals surface area contributed by atoms with Crippen LogP contribution in [0.2, 0.25) is 0 Å². The normalized spacial score (nSPS) is 9.11. The number of benzene rings is 1. The number of pyridine rings is 1. The van der Waals surface area contributed by atoms with Crippen LogP contribution in [0.1, 0.15) is 17.3 Å². The van der Waals surface area contributed by atoms with Gasteiger partial charge in [0.2, 0.25) is 5.88 Å². The molecule has 0 unspecified atom stereocenters. The summed E-state index contributed by atoms with van der Waals surface area (Å²) in [4.78, 5) is 15.8. The van der Waals surface area contributed by atoms with Crippen molar-refractivity contribution < 1.29 is 14.3 Å². The van der Waals surface area contributed by atoms with Crippen LogP contribution in [0.4, 0.5) is 5.69 Å². The third-order valence-electron chi connectivity index (χ3n) is 3.18. The van der Waals surface area contributed by atoms with Gasteiger partial charge in [-0.05, 0) is 37.3 Å². The van der Waals surface area contributed by atoms with E-state index in [9.17, 15) is 4.79 Å². The summed E-state index contributed by atoms with van der Waals surface area (Å²) in [5.74, 6) is 0.193. The monoisotopic (exact) mass is 359 g/mol. The second kappa shape index (κ2) is 9.22. The Morgan fingerprint density at radius 1 is 1.11 bits per heavy atom. The molecule has 1 aromatic heterocycles. The van der Waals surface area contributed by atoms with Crippen molar-refractivity contribution >= 4 is 11.7 Å². The molecule has 1 aromatic carbocycles. The zero-order valence-corrected chi connectivity index (χ0v) is 14.3. The summed E-state index contributed by atoms with van der Waals surface area (Å²) >= 11 is 0. The van der Waals surface area contributed by atoms with E-state index >= 15 is 0 Å². The first-order valence-electron chi connectivity index (χ1n) is 7.74. The molecule has 0 saturated carbocycles. The van der Waals surface area contributed by atoms with E-state index in [1.807, 2.05) is 0 Å². The van der Waals surface area contributed by atoms with E-state index < -0.39 is 5.97 Å². The van der Waals surface area contributed by atoms with Crippen molar-refractivity contribution in [3.05, 3.63) is 59.4 Å². The number of nitrogens with zero attached hydrogens (tertiary/aromatic N) is 4. The molecule has 0 fully saturated rings. The van der Waals surface area contributed by atoms with Crippen LogP contribution in [0.5, 0.6) is 11.6 Å². The van der Waals surface area contributed by atoms with Crippen molar-refractivity contribution in [2.45, 2.75) is 6.92 Å². The van der Waals surface area contributed by atoms with Gasteiger partial charge >= 0.3 is 5.97 Å². The first kappa shape index (κ1) is 19.0. The molecule has 0 atom stereocenters. The minimum absolute atomic E-state index is 0.141. The zero-order valence-electron chi connectivity index (χ0n) is 14.3. The first-order valence-corrected chi connectivity index (χ1v) is 7.74. The molecule has 0 saturated heterocycles. The summed E-state index contributed by atoms with van der Waals surface area (Å²) in [7, 11) is 0. The van der Waals surface area contributed by atoms with E-state index in [-0.39, 0.29) is 23.8 Å². The lowest BCUT2D eigenvalue weighted by Crippen LogP contribution is -2.05. The van der Waals surface area contributed by atoms with Crippen molar-refractivity contribution in [3.63, 3.8) is 0 Å². The summed E-state index contributed by atoms with van der Waals surface area (Å²) in [5.41, 5.74) is 0.370. The molecule has 2 aromatic rings. The van der Waals surface area contributed by atoms with Crippen LogP contribution in [-0.4, -0.2) is 17.6 Å². The molecule has 0 aliphatic heterocycles. The predicted molar refractivity (Wildman–Crippen MR) is 94.2 cm³/mol. The second-order valence-electron chi connectivity index (χ2n) is 4.94. The number of hydrogen-bond donors (Lipinski definition) is 1. The van der Waals surface area contributed by atoms with Crippen molar-refractivity contribution in [1.82, 2.24) is 4.98 Å². The Bertz CT molecular complexity index is 976. The SMILES string of the molecule is CCOC(=O)c1ccnc(Oc2ccc(NC(C#N)=C(C#N)C#N)cc2)c1. The average Bonchev–Trinajstić information content (AvgIpc) is 2.70. The smallest absolute Gasteiger partial charge is 0.338 e. The maximum Gasteiger partial charge on any atom is 0.338 e. The van der Waals surface area contributed by atoms with Crippen molar-refractivity contribution in [3.8, 4) is 29.8 Å². The number of rotatable bonds is 6. The number of nitriles is 3. The van der Waals surface area contributed by atoms with Crippen LogP contribution < -0.4 is 10.1 Å². The highest BCUT2D eigenvalue weighted by Crippen LogP contribution is 2.23. The van der Waals surface area contributed by atoms with Gasteiger partial charge in [-0.25, -0.2) is 9.78 Å². The Hall–Kier alpha value is -4.35. The van der Waals surface area contributed by atoms with Gasteiger partial charge in [0, 0.05) is 18.0 Å². The van der Waals surface area contributed by atoms with Crippen LogP contribution >= 0.6 is 0 Å². The predicted octanol–water partition coefficient (Wildman–Crippen LogP) is 3.29. The van der Waals surface area contributed by atoms with Crippen LogP contribution in [0, 0.1) is 34.0 Å². The van der Waals surface area contributed by atoms with Gasteiger partial charge in [0.25, 0.3) is 0 Å². The van der Waals surface area contributed by atoms with Gasteiger partial charge in [0.05, 0.1) is 12.2 Å². The van der Waals surface area contributed by atoms with Crippen molar-refractivity contribution in [1.29, 1.82) is 15.8 Å². The molecular weight excluding hydrogens is 346 g/mol. The van der Waals surface area contributed by atoms with Crippen LogP contribution in [0.15, 0.2) is 53.9 Å². The molecule has 2 rings (SSSR count). The van der Waals surface area contributed by atoms with E-state index in [1.165, 1.54) is 18.3 Å². The molecule has 8 nitrogen and oxygen atoms in total. The summed E-state index contributed by atoms with van der Waals surface area (Å²) in [6.07, 6.45) is 1.44. The summed E-state index contributed by atoms with van der Waals surface area (Å²) in [6.45, 7) is 1.99. The fraction of sp³-hybridized carbons (Fsp3) is 0.105. The number of allylic oxidation sites excluding steroid dienone is 2. The molecule has 0 radical (unpaired) electrons. The summed E-state index contributed by atoms with van der Waals surface area (Å²) < 4.78 is 10.5. The molecule has 0 spiro atoms. The maximum absolute atomic E-state index is 11.7. The lowest BCUT2D eigenvalue weighted by Gasteiger charge is -2.08. The Kier molecular flexibility index (Phi) is 6.48. The molecule has 8 heteroatoms. The average molecular weight is 359 g/mol. The summed E-state index contributed by atoms with van der Waals surface area (Å²) in [6, 6.07) is 14.5.